The number of hydrogen-bond acceptors (Lipinski definition) is 3. The molecule has 0 saturated carbocycles. The van der Waals surface area contributed by atoms with Crippen LogP contribution < -0.4 is 5.32 Å². The number of anilines is 1. The summed E-state index contributed by atoms with van der Waals surface area (Å²) in [7, 11) is 0. The number of carbonyl (C=O) groups is 2. The summed E-state index contributed by atoms with van der Waals surface area (Å²) in [5.74, 6) is -0.477. The molecule has 0 atom stereocenters. The summed E-state index contributed by atoms with van der Waals surface area (Å²) in [5, 5.41) is 3.71. The number of nitrogens with zero attached hydrogens (tertiary/aromatic N) is 3. The molecule has 4 aromatic rings. The summed E-state index contributed by atoms with van der Waals surface area (Å²) < 4.78 is 1.75. The van der Waals surface area contributed by atoms with Gasteiger partial charge in [0.2, 0.25) is 11.9 Å². The lowest BCUT2D eigenvalue weighted by atomic mass is 10.2. The molecule has 1 aromatic heterocycles. The maximum atomic E-state index is 13.1. The van der Waals surface area contributed by atoms with Crippen LogP contribution in [0.3, 0.4) is 0 Å². The highest BCUT2D eigenvalue weighted by molar-refractivity contribution is 6.33. The summed E-state index contributed by atoms with van der Waals surface area (Å²) in [6.45, 7) is 3.67. The second-order valence-electron chi connectivity index (χ2n) is 7.67. The highest BCUT2D eigenvalue weighted by Gasteiger charge is 2.21. The van der Waals surface area contributed by atoms with E-state index in [0.717, 1.165) is 11.3 Å². The lowest BCUT2D eigenvalue weighted by molar-refractivity contribution is -0.116. The standard InChI is InChI=1S/C27H22Cl2N4O2/c1-2-15-32(26(35)22-13-6-7-14-23(22)29)18-25(34)31-27-30-24(19-9-4-3-5-10-19)17-33(27)21-12-8-11-20(28)16-21/h2-14,16-17H,1,15,18H2,(H,30,31,34). The van der Waals surface area contributed by atoms with Crippen LogP contribution in [0.4, 0.5) is 5.95 Å². The van der Waals surface area contributed by atoms with Gasteiger partial charge in [-0.25, -0.2) is 4.98 Å². The number of hydrogen-bond donors (Lipinski definition) is 1. The Labute approximate surface area is 213 Å². The SMILES string of the molecule is C=CCN(CC(=O)Nc1nc(-c2ccccc2)cn1-c1cccc(Cl)c1)C(=O)c1ccccc1Cl. The van der Waals surface area contributed by atoms with E-state index in [1.165, 1.54) is 4.90 Å². The van der Waals surface area contributed by atoms with E-state index in [0.29, 0.717) is 27.3 Å². The third-order valence-corrected chi connectivity index (χ3v) is 5.75. The van der Waals surface area contributed by atoms with Crippen LogP contribution in [0.25, 0.3) is 16.9 Å². The first-order valence-electron chi connectivity index (χ1n) is 10.8. The molecule has 176 valence electrons. The van der Waals surface area contributed by atoms with Crippen molar-refractivity contribution in [2.24, 2.45) is 0 Å². The van der Waals surface area contributed by atoms with Crippen molar-refractivity contribution in [2.45, 2.75) is 0 Å². The van der Waals surface area contributed by atoms with Crippen molar-refractivity contribution in [1.82, 2.24) is 14.5 Å². The third kappa shape index (κ3) is 5.80. The van der Waals surface area contributed by atoms with Gasteiger partial charge in [-0.05, 0) is 30.3 Å². The molecule has 0 radical (unpaired) electrons. The number of rotatable bonds is 8. The van der Waals surface area contributed by atoms with Crippen molar-refractivity contribution in [3.8, 4) is 16.9 Å². The average molecular weight is 505 g/mol. The van der Waals surface area contributed by atoms with Gasteiger partial charge in [0.25, 0.3) is 5.91 Å². The molecule has 0 unspecified atom stereocenters. The molecule has 0 bridgehead atoms. The van der Waals surface area contributed by atoms with Crippen molar-refractivity contribution in [2.75, 3.05) is 18.4 Å². The van der Waals surface area contributed by atoms with E-state index < -0.39 is 5.91 Å². The van der Waals surface area contributed by atoms with E-state index >= 15 is 0 Å². The first-order valence-corrected chi connectivity index (χ1v) is 11.6. The van der Waals surface area contributed by atoms with Gasteiger partial charge in [-0.1, -0.05) is 77.8 Å². The van der Waals surface area contributed by atoms with Gasteiger partial charge in [0.05, 0.1) is 16.3 Å². The first kappa shape index (κ1) is 24.3. The van der Waals surface area contributed by atoms with E-state index in [2.05, 4.69) is 16.9 Å². The summed E-state index contributed by atoms with van der Waals surface area (Å²) in [6, 6.07) is 23.6. The molecule has 1 heterocycles. The summed E-state index contributed by atoms with van der Waals surface area (Å²) in [4.78, 5) is 32.1. The van der Waals surface area contributed by atoms with Gasteiger partial charge in [-0.2, -0.15) is 0 Å². The van der Waals surface area contributed by atoms with Gasteiger partial charge >= 0.3 is 0 Å². The number of carbonyl (C=O) groups excluding carboxylic acids is 2. The molecule has 35 heavy (non-hydrogen) atoms. The minimum absolute atomic E-state index is 0.176. The van der Waals surface area contributed by atoms with Crippen molar-refractivity contribution >= 4 is 41.0 Å². The van der Waals surface area contributed by atoms with Crippen molar-refractivity contribution < 1.29 is 9.59 Å². The van der Waals surface area contributed by atoms with Crippen LogP contribution >= 0.6 is 23.2 Å². The van der Waals surface area contributed by atoms with E-state index in [9.17, 15) is 9.59 Å². The number of imidazole rings is 1. The number of nitrogens with one attached hydrogen (secondary N) is 1. The minimum Gasteiger partial charge on any atom is -0.326 e. The molecular weight excluding hydrogens is 483 g/mol. The zero-order chi connectivity index (χ0) is 24.8. The molecule has 8 heteroatoms. The molecule has 3 aromatic carbocycles. The molecular formula is C27H22Cl2N4O2. The highest BCUT2D eigenvalue weighted by Crippen LogP contribution is 2.26. The molecule has 1 N–H and O–H groups in total. The Balaban J connectivity index is 1.62. The molecule has 0 aliphatic carbocycles. The lowest BCUT2D eigenvalue weighted by Gasteiger charge is -2.21. The van der Waals surface area contributed by atoms with Gasteiger partial charge in [-0.15, -0.1) is 6.58 Å². The van der Waals surface area contributed by atoms with Gasteiger partial charge in [-0.3, -0.25) is 19.5 Å². The molecule has 0 aliphatic heterocycles. The van der Waals surface area contributed by atoms with Crippen LogP contribution in [0.2, 0.25) is 10.0 Å². The summed E-state index contributed by atoms with van der Waals surface area (Å²) in [5.41, 5.74) is 2.62. The van der Waals surface area contributed by atoms with Gasteiger partial charge in [0, 0.05) is 29.0 Å². The molecule has 4 rings (SSSR count). The quantitative estimate of drug-likeness (QED) is 0.294. The fourth-order valence-electron chi connectivity index (χ4n) is 3.56. The fourth-order valence-corrected chi connectivity index (χ4v) is 3.96. The highest BCUT2D eigenvalue weighted by atomic mass is 35.5. The fraction of sp³-hybridized carbons (Fsp3) is 0.0741. The van der Waals surface area contributed by atoms with E-state index in [1.807, 2.05) is 48.7 Å². The first-order chi connectivity index (χ1) is 17.0. The second-order valence-corrected chi connectivity index (χ2v) is 8.51. The Bertz CT molecular complexity index is 1370. The van der Waals surface area contributed by atoms with Crippen LogP contribution in [-0.4, -0.2) is 39.4 Å². The van der Waals surface area contributed by atoms with Gasteiger partial charge < -0.3 is 4.90 Å². The van der Waals surface area contributed by atoms with Gasteiger partial charge in [0.15, 0.2) is 0 Å². The number of benzene rings is 3. The molecule has 0 aliphatic rings. The van der Waals surface area contributed by atoms with Crippen LogP contribution in [0, 0.1) is 0 Å². The van der Waals surface area contributed by atoms with Crippen molar-refractivity contribution in [3.05, 3.63) is 113 Å². The molecule has 0 saturated heterocycles. The number of halogens is 2. The number of amides is 2. The Kier molecular flexibility index (Phi) is 7.65. The Morgan fingerprint density at radius 3 is 2.46 bits per heavy atom. The topological polar surface area (TPSA) is 67.2 Å². The van der Waals surface area contributed by atoms with Crippen LogP contribution in [-0.2, 0) is 4.79 Å². The van der Waals surface area contributed by atoms with Crippen LogP contribution in [0.1, 0.15) is 10.4 Å². The average Bonchev–Trinajstić information content (AvgIpc) is 3.28. The predicted octanol–water partition coefficient (Wildman–Crippen LogP) is 6.11. The maximum absolute atomic E-state index is 13.1. The van der Waals surface area contributed by atoms with E-state index in [-0.39, 0.29) is 19.0 Å². The zero-order valence-corrected chi connectivity index (χ0v) is 20.2. The Hall–Kier alpha value is -3.87. The molecule has 0 spiro atoms. The van der Waals surface area contributed by atoms with E-state index in [1.54, 1.807) is 47.0 Å². The maximum Gasteiger partial charge on any atom is 0.256 e. The van der Waals surface area contributed by atoms with Crippen molar-refractivity contribution in [1.29, 1.82) is 0 Å². The van der Waals surface area contributed by atoms with Crippen molar-refractivity contribution in [3.63, 3.8) is 0 Å². The smallest absolute Gasteiger partial charge is 0.256 e. The second kappa shape index (κ2) is 11.0. The summed E-state index contributed by atoms with van der Waals surface area (Å²) >= 11 is 12.4. The summed E-state index contributed by atoms with van der Waals surface area (Å²) in [6.07, 6.45) is 3.38. The normalized spacial score (nSPS) is 10.6. The molecule has 0 fully saturated rings. The van der Waals surface area contributed by atoms with E-state index in [4.69, 9.17) is 23.2 Å². The van der Waals surface area contributed by atoms with Crippen LogP contribution in [0.15, 0.2) is 97.7 Å². The molecule has 2 amide bonds. The van der Waals surface area contributed by atoms with Crippen LogP contribution in [0.5, 0.6) is 0 Å². The minimum atomic E-state index is -0.416. The predicted molar refractivity (Wildman–Crippen MR) is 140 cm³/mol. The zero-order valence-electron chi connectivity index (χ0n) is 18.7. The third-order valence-electron chi connectivity index (χ3n) is 5.19. The number of aromatic nitrogens is 2. The monoisotopic (exact) mass is 504 g/mol. The Morgan fingerprint density at radius 2 is 1.74 bits per heavy atom. The largest absolute Gasteiger partial charge is 0.326 e. The Morgan fingerprint density at radius 1 is 1.00 bits per heavy atom. The lowest BCUT2D eigenvalue weighted by Crippen LogP contribution is -2.38. The molecule has 6 nitrogen and oxygen atoms in total. The van der Waals surface area contributed by atoms with Gasteiger partial charge in [0.1, 0.15) is 6.54 Å².